The highest BCUT2D eigenvalue weighted by Crippen LogP contribution is 2.25. The molecule has 96 valence electrons. The maximum atomic E-state index is 10.00. The number of aliphatic hydroxyl groups is 1. The molecule has 0 amide bonds. The molecule has 0 bridgehead atoms. The van der Waals surface area contributed by atoms with Gasteiger partial charge in [0.05, 0.1) is 6.10 Å². The van der Waals surface area contributed by atoms with Gasteiger partial charge in [0.15, 0.2) is 0 Å². The normalized spacial score (nSPS) is 14.6. The molecule has 0 aliphatic carbocycles. The SMILES string of the molecule is CSC(C)CNCC(O)c1cc(Cl)ccc1Cl. The van der Waals surface area contributed by atoms with Crippen molar-refractivity contribution in [2.24, 2.45) is 0 Å². The fraction of sp³-hybridized carbons (Fsp3) is 0.500. The van der Waals surface area contributed by atoms with Gasteiger partial charge in [-0.1, -0.05) is 30.1 Å². The van der Waals surface area contributed by atoms with E-state index in [-0.39, 0.29) is 0 Å². The van der Waals surface area contributed by atoms with Gasteiger partial charge in [-0.25, -0.2) is 0 Å². The van der Waals surface area contributed by atoms with Crippen LogP contribution in [0.3, 0.4) is 0 Å². The lowest BCUT2D eigenvalue weighted by Gasteiger charge is -2.15. The van der Waals surface area contributed by atoms with Gasteiger partial charge in [0.25, 0.3) is 0 Å². The summed E-state index contributed by atoms with van der Waals surface area (Å²) in [5.74, 6) is 0. The van der Waals surface area contributed by atoms with Gasteiger partial charge in [0.1, 0.15) is 0 Å². The van der Waals surface area contributed by atoms with Crippen LogP contribution in [0, 0.1) is 0 Å². The number of aliphatic hydroxyl groups excluding tert-OH is 1. The van der Waals surface area contributed by atoms with Crippen molar-refractivity contribution in [2.75, 3.05) is 19.3 Å². The summed E-state index contributed by atoms with van der Waals surface area (Å²) in [4.78, 5) is 0. The van der Waals surface area contributed by atoms with Crippen molar-refractivity contribution in [3.8, 4) is 0 Å². The molecular weight excluding hydrogens is 277 g/mol. The number of benzene rings is 1. The zero-order valence-corrected chi connectivity index (χ0v) is 12.2. The second-order valence-electron chi connectivity index (χ2n) is 3.89. The van der Waals surface area contributed by atoms with Crippen LogP contribution in [0.15, 0.2) is 18.2 Å². The predicted octanol–water partition coefficient (Wildman–Crippen LogP) is 3.37. The van der Waals surface area contributed by atoms with Crippen LogP contribution < -0.4 is 5.32 Å². The molecule has 0 radical (unpaired) electrons. The van der Waals surface area contributed by atoms with Gasteiger partial charge in [0.2, 0.25) is 0 Å². The molecule has 0 aliphatic rings. The summed E-state index contributed by atoms with van der Waals surface area (Å²) in [6.07, 6.45) is 1.44. The lowest BCUT2D eigenvalue weighted by molar-refractivity contribution is 0.175. The topological polar surface area (TPSA) is 32.3 Å². The zero-order chi connectivity index (χ0) is 12.8. The molecule has 1 rings (SSSR count). The minimum absolute atomic E-state index is 0.477. The third kappa shape index (κ3) is 5.06. The van der Waals surface area contributed by atoms with Crippen LogP contribution in [0.25, 0.3) is 0 Å². The van der Waals surface area contributed by atoms with Crippen LogP contribution in [0.1, 0.15) is 18.6 Å². The van der Waals surface area contributed by atoms with Crippen molar-refractivity contribution in [1.82, 2.24) is 5.32 Å². The average Bonchev–Trinajstić information content (AvgIpc) is 2.31. The van der Waals surface area contributed by atoms with E-state index in [1.54, 1.807) is 30.0 Å². The van der Waals surface area contributed by atoms with Crippen LogP contribution in [0.5, 0.6) is 0 Å². The van der Waals surface area contributed by atoms with E-state index < -0.39 is 6.10 Å². The second-order valence-corrected chi connectivity index (χ2v) is 6.01. The molecule has 2 atom stereocenters. The van der Waals surface area contributed by atoms with Crippen molar-refractivity contribution >= 4 is 35.0 Å². The van der Waals surface area contributed by atoms with Crippen molar-refractivity contribution in [3.63, 3.8) is 0 Å². The maximum Gasteiger partial charge on any atom is 0.0929 e. The smallest absolute Gasteiger partial charge is 0.0929 e. The van der Waals surface area contributed by atoms with E-state index in [4.69, 9.17) is 23.2 Å². The number of rotatable bonds is 6. The van der Waals surface area contributed by atoms with E-state index >= 15 is 0 Å². The van der Waals surface area contributed by atoms with Gasteiger partial charge in [0, 0.05) is 33.9 Å². The maximum absolute atomic E-state index is 10.00. The third-order valence-electron chi connectivity index (χ3n) is 2.49. The van der Waals surface area contributed by atoms with E-state index in [1.807, 2.05) is 0 Å². The lowest BCUT2D eigenvalue weighted by atomic mass is 10.1. The number of thioether (sulfide) groups is 1. The van der Waals surface area contributed by atoms with Gasteiger partial charge in [-0.15, -0.1) is 0 Å². The number of halogens is 2. The molecule has 0 saturated carbocycles. The molecule has 0 fully saturated rings. The van der Waals surface area contributed by atoms with Gasteiger partial charge in [-0.3, -0.25) is 0 Å². The Morgan fingerprint density at radius 2 is 2.06 bits per heavy atom. The molecule has 2 nitrogen and oxygen atoms in total. The first-order valence-corrected chi connectivity index (χ1v) is 7.45. The van der Waals surface area contributed by atoms with E-state index in [1.165, 1.54) is 0 Å². The molecular formula is C12H17Cl2NOS. The third-order valence-corrected chi connectivity index (χ3v) is 4.04. The standard InChI is InChI=1S/C12H17Cl2NOS/c1-8(17-2)6-15-7-12(16)10-5-9(13)3-4-11(10)14/h3-5,8,12,15-16H,6-7H2,1-2H3. The van der Waals surface area contributed by atoms with Crippen LogP contribution in [0.4, 0.5) is 0 Å². The summed E-state index contributed by atoms with van der Waals surface area (Å²) in [5, 5.41) is 14.9. The minimum atomic E-state index is -0.629. The largest absolute Gasteiger partial charge is 0.387 e. The van der Waals surface area contributed by atoms with Crippen molar-refractivity contribution in [2.45, 2.75) is 18.3 Å². The summed E-state index contributed by atoms with van der Waals surface area (Å²) in [6, 6.07) is 5.12. The predicted molar refractivity (Wildman–Crippen MR) is 77.3 cm³/mol. The highest BCUT2D eigenvalue weighted by atomic mass is 35.5. The molecule has 1 aromatic carbocycles. The summed E-state index contributed by atoms with van der Waals surface area (Å²) in [5.41, 5.74) is 0.670. The average molecular weight is 294 g/mol. The molecule has 5 heteroatoms. The fourth-order valence-corrected chi connectivity index (χ4v) is 2.10. The monoisotopic (exact) mass is 293 g/mol. The Kier molecular flexibility index (Phi) is 6.67. The van der Waals surface area contributed by atoms with Crippen LogP contribution >= 0.6 is 35.0 Å². The summed E-state index contributed by atoms with van der Waals surface area (Å²) in [7, 11) is 0. The molecule has 1 aromatic rings. The Hall–Kier alpha value is 0.0700. The molecule has 0 spiro atoms. The van der Waals surface area contributed by atoms with Gasteiger partial charge < -0.3 is 10.4 Å². The molecule has 0 heterocycles. The molecule has 2 unspecified atom stereocenters. The van der Waals surface area contributed by atoms with Gasteiger partial charge in [-0.2, -0.15) is 11.8 Å². The molecule has 0 aliphatic heterocycles. The fourth-order valence-electron chi connectivity index (χ4n) is 1.39. The molecule has 17 heavy (non-hydrogen) atoms. The zero-order valence-electron chi connectivity index (χ0n) is 9.91. The van der Waals surface area contributed by atoms with Crippen LogP contribution in [-0.4, -0.2) is 29.7 Å². The van der Waals surface area contributed by atoms with Gasteiger partial charge >= 0.3 is 0 Å². The highest BCUT2D eigenvalue weighted by Gasteiger charge is 2.12. The second kappa shape index (κ2) is 7.49. The number of hydrogen-bond donors (Lipinski definition) is 2. The molecule has 0 aromatic heterocycles. The van der Waals surface area contributed by atoms with E-state index in [9.17, 15) is 5.11 Å². The Bertz CT molecular complexity index is 362. The van der Waals surface area contributed by atoms with Crippen LogP contribution in [-0.2, 0) is 0 Å². The Morgan fingerprint density at radius 3 is 2.71 bits per heavy atom. The van der Waals surface area contributed by atoms with Crippen molar-refractivity contribution in [3.05, 3.63) is 33.8 Å². The van der Waals surface area contributed by atoms with Gasteiger partial charge in [-0.05, 0) is 24.5 Å². The number of nitrogens with one attached hydrogen (secondary N) is 1. The Labute approximate surface area is 117 Å². The quantitative estimate of drug-likeness (QED) is 0.843. The summed E-state index contributed by atoms with van der Waals surface area (Å²) >= 11 is 13.7. The number of hydrogen-bond acceptors (Lipinski definition) is 3. The first kappa shape index (κ1) is 15.1. The first-order chi connectivity index (χ1) is 8.04. The van der Waals surface area contributed by atoms with Crippen molar-refractivity contribution in [1.29, 1.82) is 0 Å². The summed E-state index contributed by atoms with van der Waals surface area (Å²) in [6.45, 7) is 3.47. The highest BCUT2D eigenvalue weighted by molar-refractivity contribution is 7.99. The Morgan fingerprint density at radius 1 is 1.35 bits per heavy atom. The van der Waals surface area contributed by atoms with Crippen LogP contribution in [0.2, 0.25) is 10.0 Å². The van der Waals surface area contributed by atoms with Crippen molar-refractivity contribution < 1.29 is 5.11 Å². The first-order valence-electron chi connectivity index (χ1n) is 5.41. The van der Waals surface area contributed by atoms with E-state index in [0.29, 0.717) is 27.4 Å². The summed E-state index contributed by atoms with van der Waals surface area (Å²) < 4.78 is 0. The Balaban J connectivity index is 2.52. The van der Waals surface area contributed by atoms with E-state index in [2.05, 4.69) is 18.5 Å². The van der Waals surface area contributed by atoms with E-state index in [0.717, 1.165) is 6.54 Å². The lowest BCUT2D eigenvalue weighted by Crippen LogP contribution is -2.27. The molecule has 2 N–H and O–H groups in total. The minimum Gasteiger partial charge on any atom is -0.387 e. The molecule has 0 saturated heterocycles.